The minimum absolute atomic E-state index is 0.0746. The molecule has 0 radical (unpaired) electrons. The Morgan fingerprint density at radius 3 is 1.14 bits per heavy atom. The highest BCUT2D eigenvalue weighted by molar-refractivity contribution is 5.90. The summed E-state index contributed by atoms with van der Waals surface area (Å²) in [5.41, 5.74) is -2.45. The smallest absolute Gasteiger partial charge is 0.310 e. The van der Waals surface area contributed by atoms with Crippen molar-refractivity contribution in [2.24, 2.45) is 11.8 Å². The van der Waals surface area contributed by atoms with Crippen LogP contribution in [-0.4, -0.2) is 245 Å². The monoisotopic (exact) mass is 1500 g/mol. The van der Waals surface area contributed by atoms with Crippen LogP contribution < -0.4 is 20.3 Å². The molecule has 0 unspecified atom stereocenters. The number of benzene rings is 6. The van der Waals surface area contributed by atoms with Crippen LogP contribution in [0.15, 0.2) is 134 Å². The minimum atomic E-state index is -2.26. The highest BCUT2D eigenvalue weighted by atomic mass is 16.8. The van der Waals surface area contributed by atoms with Gasteiger partial charge in [-0.05, 0) is 91.7 Å². The molecule has 4 aliphatic heterocycles. The molecule has 0 bridgehead atoms. The Balaban J connectivity index is 0.755. The van der Waals surface area contributed by atoms with Crippen LogP contribution in [0.1, 0.15) is 36.8 Å². The lowest BCUT2D eigenvalue weighted by Crippen LogP contribution is -2.64. The second-order valence-corrected chi connectivity index (χ2v) is 26.5. The van der Waals surface area contributed by atoms with Crippen molar-refractivity contribution >= 4 is 33.9 Å². The van der Waals surface area contributed by atoms with E-state index in [2.05, 4.69) is 0 Å². The zero-order valence-corrected chi connectivity index (χ0v) is 55.8. The molecule has 0 amide bonds. The Labute approximate surface area is 600 Å². The van der Waals surface area contributed by atoms with Crippen LogP contribution >= 0.6 is 0 Å². The van der Waals surface area contributed by atoms with Crippen LogP contribution in [0.2, 0.25) is 0 Å². The Hall–Kier alpha value is -10.2. The summed E-state index contributed by atoms with van der Waals surface area (Å²) >= 11 is 0. The molecule has 24 atom stereocenters. The summed E-state index contributed by atoms with van der Waals surface area (Å²) in [4.78, 5) is 58.7. The van der Waals surface area contributed by atoms with Gasteiger partial charge in [-0.1, -0.05) is 24.3 Å². The van der Waals surface area contributed by atoms with Crippen LogP contribution in [0.5, 0.6) is 63.2 Å². The summed E-state index contributed by atoms with van der Waals surface area (Å²) in [6.45, 7) is 0.497. The SMILES string of the molecule is C[C@@H]1O[C@@H](Oc2c(-c3ccc(O)cc3)oc3cc(O)cc(O)c3c2=O)[C@H](O[C@@H]2O[C@H](COC(=O)[C@H]3[C@H](C(=O)OC[C@H]4O[C@@H](O[C@H]5[C@H](Oc6c(-c7ccc(O)c(O)c7)oc7cc(O)cc(O)c7c6=O)O[C@@H](C)[C@H](O)[C@H]5O)[C@H](O)[C@@H](O)[C@@H]4O)[C@@H](c4ccc(O)cc4)[C@@H]3c3ccc(O)cc3)[C@@H](O)[C@H](O)[C@H]2O)[C@H](O)[C@H]1O. The highest BCUT2D eigenvalue weighted by Crippen LogP contribution is 2.59. The van der Waals surface area contributed by atoms with Crippen molar-refractivity contribution in [2.75, 3.05) is 13.2 Å². The maximum Gasteiger partial charge on any atom is 0.310 e. The first-order valence-corrected chi connectivity index (χ1v) is 33.2. The number of carbonyl (C=O) groups excluding carboxylic acids is 2. The third-order valence-corrected chi connectivity index (χ3v) is 19.6. The first-order chi connectivity index (χ1) is 50.9. The van der Waals surface area contributed by atoms with Gasteiger partial charge in [-0.2, -0.15) is 0 Å². The van der Waals surface area contributed by atoms with Gasteiger partial charge in [0.1, 0.15) is 149 Å². The minimum Gasteiger partial charge on any atom is -0.508 e. The van der Waals surface area contributed by atoms with Crippen LogP contribution in [0, 0.1) is 11.8 Å². The quantitative estimate of drug-likeness (QED) is 0.0405. The van der Waals surface area contributed by atoms with Crippen molar-refractivity contribution in [3.8, 4) is 85.9 Å². The van der Waals surface area contributed by atoms with E-state index in [9.17, 15) is 107 Å². The standard InChI is InChI=1S/C72H72O35/c1-24-49(82)57(90)65(71(98-24)104-63-53(86)45-37(80)18-33(76)20-39(45)100-61(63)28-7-14-32(75)15-8-28)106-69-59(92)55(88)51(84)41(102-69)22-96-67(94)47-43(26-3-10-30(73)11-4-26)44(27-5-12-31(74)13-6-27)48(47)68(95)97-23-42-52(85)56(89)60(93)70(103-42)107-66-58(91)50(83)25(2)99-72(66)105-64-54(87)46-38(81)19-34(77)21-40(46)101-62(64)29-9-16-35(78)36(79)17-29/h3-21,24-25,41-44,47-52,55-60,65-66,69-85,88-93H,22-23H2,1-2H3/t24-,25-,41+,42+,43-,44-,47+,48+,49-,50-,51+,52+,55-,56-,57+,58+,59+,60+,65+,66+,69-,70-,71-,72-/m0/s1. The fraction of sp³-hybridized carbons (Fsp3) is 0.389. The van der Waals surface area contributed by atoms with E-state index in [4.69, 9.17) is 56.2 Å². The van der Waals surface area contributed by atoms with E-state index >= 15 is 9.59 Å². The van der Waals surface area contributed by atoms with Crippen molar-refractivity contribution in [3.63, 3.8) is 0 Å². The molecule has 19 N–H and O–H groups in total. The summed E-state index contributed by atoms with van der Waals surface area (Å²) < 4.78 is 71.5. The molecule has 4 saturated heterocycles. The van der Waals surface area contributed by atoms with Gasteiger partial charge in [0, 0.05) is 47.2 Å². The molecule has 0 spiro atoms. The number of phenolic OH excluding ortho intramolecular Hbond substituents is 9. The number of esters is 2. The third-order valence-electron chi connectivity index (χ3n) is 19.6. The Morgan fingerprint density at radius 2 is 0.748 bits per heavy atom. The van der Waals surface area contributed by atoms with Gasteiger partial charge in [-0.25, -0.2) is 0 Å². The summed E-state index contributed by atoms with van der Waals surface area (Å²) in [5.74, 6) is -15.0. The van der Waals surface area contributed by atoms with Crippen LogP contribution in [-0.2, 0) is 47.5 Å². The van der Waals surface area contributed by atoms with Crippen molar-refractivity contribution in [1.29, 1.82) is 0 Å². The summed E-state index contributed by atoms with van der Waals surface area (Å²) in [6.07, 6.45) is -40.0. The van der Waals surface area contributed by atoms with Crippen LogP contribution in [0.4, 0.5) is 0 Å². The van der Waals surface area contributed by atoms with E-state index in [1.54, 1.807) is 0 Å². The molecule has 35 heteroatoms. The summed E-state index contributed by atoms with van der Waals surface area (Å²) in [6, 6.07) is 22.6. The van der Waals surface area contributed by atoms with E-state index in [-0.39, 0.29) is 39.7 Å². The molecule has 8 aromatic rings. The number of fused-ring (bicyclic) bond motifs is 2. The third kappa shape index (κ3) is 14.3. The molecule has 2 aromatic heterocycles. The second kappa shape index (κ2) is 29.9. The number of hydrogen-bond acceptors (Lipinski definition) is 35. The molecule has 570 valence electrons. The van der Waals surface area contributed by atoms with Crippen molar-refractivity contribution in [1.82, 2.24) is 0 Å². The number of phenols is 9. The molecule has 1 aliphatic carbocycles. The molecule has 1 saturated carbocycles. The second-order valence-electron chi connectivity index (χ2n) is 26.5. The normalized spacial score (nSPS) is 32.2. The molecule has 35 nitrogen and oxygen atoms in total. The van der Waals surface area contributed by atoms with Gasteiger partial charge >= 0.3 is 11.9 Å². The number of hydrogen-bond donors (Lipinski definition) is 19. The molecule has 5 fully saturated rings. The van der Waals surface area contributed by atoms with E-state index in [1.165, 1.54) is 92.7 Å². The average Bonchev–Trinajstić information content (AvgIpc) is 0.721. The lowest BCUT2D eigenvalue weighted by atomic mass is 9.52. The maximum absolute atomic E-state index is 15.0. The Morgan fingerprint density at radius 1 is 0.374 bits per heavy atom. The van der Waals surface area contributed by atoms with Gasteiger partial charge in [0.2, 0.25) is 34.9 Å². The predicted molar refractivity (Wildman–Crippen MR) is 355 cm³/mol. The van der Waals surface area contributed by atoms with Crippen LogP contribution in [0.3, 0.4) is 0 Å². The van der Waals surface area contributed by atoms with Crippen LogP contribution in [0.25, 0.3) is 44.6 Å². The van der Waals surface area contributed by atoms with Gasteiger partial charge in [0.05, 0.1) is 24.0 Å². The number of rotatable bonds is 18. The van der Waals surface area contributed by atoms with Crippen molar-refractivity contribution in [3.05, 3.63) is 147 Å². The number of aliphatic hydroxyl groups is 10. The fourth-order valence-corrected chi connectivity index (χ4v) is 13.8. The molecule has 107 heavy (non-hydrogen) atoms. The number of aromatic hydroxyl groups is 9. The molecular formula is C72H72O35. The lowest BCUT2D eigenvalue weighted by molar-refractivity contribution is -0.356. The van der Waals surface area contributed by atoms with E-state index in [1.807, 2.05) is 0 Å². The van der Waals surface area contributed by atoms with Gasteiger partial charge in [-0.15, -0.1) is 0 Å². The largest absolute Gasteiger partial charge is 0.508 e. The first-order valence-electron chi connectivity index (χ1n) is 33.2. The zero-order chi connectivity index (χ0) is 76.6. The molecular weight excluding hydrogens is 1420 g/mol. The topological polar surface area (TPSA) is 571 Å². The van der Waals surface area contributed by atoms with Gasteiger partial charge < -0.3 is 153 Å². The Bertz CT molecular complexity index is 4670. The fourth-order valence-electron chi connectivity index (χ4n) is 13.8. The Kier molecular flexibility index (Phi) is 21.0. The molecule has 13 rings (SSSR count). The first kappa shape index (κ1) is 75.1. The van der Waals surface area contributed by atoms with E-state index in [0.717, 1.165) is 36.4 Å². The van der Waals surface area contributed by atoms with E-state index < -0.39 is 251 Å². The van der Waals surface area contributed by atoms with Gasteiger partial charge in [0.25, 0.3) is 0 Å². The highest BCUT2D eigenvalue weighted by Gasteiger charge is 2.61. The number of aliphatic hydroxyl groups excluding tert-OH is 10. The number of carbonyl (C=O) groups is 2. The van der Waals surface area contributed by atoms with Crippen molar-refractivity contribution in [2.45, 2.75) is 149 Å². The average molecular weight is 1500 g/mol. The summed E-state index contributed by atoms with van der Waals surface area (Å²) in [7, 11) is 0. The van der Waals surface area contributed by atoms with Gasteiger partial charge in [-0.3, -0.25) is 19.2 Å². The molecule has 6 aromatic carbocycles. The number of ether oxygens (including phenoxy) is 10. The molecule has 6 heterocycles. The summed E-state index contributed by atoms with van der Waals surface area (Å²) in [5, 5.41) is 207. The van der Waals surface area contributed by atoms with Gasteiger partial charge in [0.15, 0.2) is 47.8 Å². The predicted octanol–water partition coefficient (Wildman–Crippen LogP) is 0.260. The van der Waals surface area contributed by atoms with E-state index in [0.29, 0.717) is 11.1 Å². The van der Waals surface area contributed by atoms with Crippen molar-refractivity contribution < 1.29 is 163 Å². The lowest BCUT2D eigenvalue weighted by Gasteiger charge is -2.50. The maximum atomic E-state index is 15.0. The zero-order valence-electron chi connectivity index (χ0n) is 55.8. The molecule has 5 aliphatic rings.